The smallest absolute Gasteiger partial charge is 0.328 e. The first-order valence-electron chi connectivity index (χ1n) is 12.8. The second-order valence-corrected chi connectivity index (χ2v) is 8.20. The number of nitrogens with one attached hydrogen (secondary N) is 1. The Labute approximate surface area is 214 Å². The second-order valence-electron chi connectivity index (χ2n) is 8.20. The van der Waals surface area contributed by atoms with Crippen LogP contribution in [0.15, 0.2) is 24.5 Å². The molecule has 0 saturated carbocycles. The van der Waals surface area contributed by atoms with E-state index in [4.69, 9.17) is 9.84 Å². The first-order valence-corrected chi connectivity index (χ1v) is 12.8. The van der Waals surface area contributed by atoms with E-state index in [9.17, 15) is 14.4 Å². The van der Waals surface area contributed by atoms with E-state index in [1.165, 1.54) is 12.0 Å². The summed E-state index contributed by atoms with van der Waals surface area (Å²) in [7, 11) is 1.31. The zero-order chi connectivity index (χ0) is 27.6. The van der Waals surface area contributed by atoms with Crippen molar-refractivity contribution in [2.24, 2.45) is 5.92 Å². The Kier molecular flexibility index (Phi) is 27.9. The molecule has 0 bridgehead atoms. The number of methoxy groups -OCH3 is 1. The van der Waals surface area contributed by atoms with Crippen LogP contribution in [-0.2, 0) is 23.9 Å². The van der Waals surface area contributed by atoms with E-state index in [0.717, 1.165) is 24.5 Å². The molecule has 0 aromatic rings. The number of aliphatic hydroxyl groups is 1. The number of amides is 2. The predicted octanol–water partition coefficient (Wildman–Crippen LogP) is 4.62. The predicted molar refractivity (Wildman–Crippen MR) is 143 cm³/mol. The molecule has 1 aliphatic rings. The average Bonchev–Trinajstić information content (AvgIpc) is 3.34. The summed E-state index contributed by atoms with van der Waals surface area (Å²) in [5.74, 6) is 0.834. The highest BCUT2D eigenvalue weighted by Crippen LogP contribution is 2.18. The Balaban J connectivity index is -0.000000566. The van der Waals surface area contributed by atoms with Crippen LogP contribution in [0.3, 0.4) is 0 Å². The Hall–Kier alpha value is -2.35. The molecule has 1 saturated heterocycles. The number of carbonyl (C=O) groups excluding carboxylic acids is 3. The van der Waals surface area contributed by atoms with Gasteiger partial charge in [-0.1, -0.05) is 60.3 Å². The minimum atomic E-state index is -0.507. The van der Waals surface area contributed by atoms with Crippen molar-refractivity contribution >= 4 is 17.8 Å². The summed E-state index contributed by atoms with van der Waals surface area (Å²) < 4.78 is 9.75. The number of hydrogen-bond acceptors (Lipinski definition) is 6. The molecular formula is C27H52N2O6. The zero-order valence-corrected chi connectivity index (χ0v) is 23.5. The molecule has 1 aliphatic heterocycles. The highest BCUT2D eigenvalue weighted by Gasteiger charge is 2.34. The quantitative estimate of drug-likeness (QED) is 0.186. The fraction of sp³-hybridized carbons (Fsp3) is 0.741. The van der Waals surface area contributed by atoms with Crippen LogP contribution in [0.25, 0.3) is 0 Å². The van der Waals surface area contributed by atoms with Crippen LogP contribution >= 0.6 is 0 Å². The fourth-order valence-corrected chi connectivity index (χ4v) is 2.57. The normalized spacial score (nSPS) is 14.0. The summed E-state index contributed by atoms with van der Waals surface area (Å²) in [5.41, 5.74) is 0. The van der Waals surface area contributed by atoms with Crippen molar-refractivity contribution in [1.82, 2.24) is 10.2 Å². The lowest BCUT2D eigenvalue weighted by atomic mass is 10.2. The standard InChI is InChI=1S/C14H22N2O4.C7H14O2.C4H10.C2H6/c1-3-4-5-8-12(17)15-10-13(18)16-9-6-7-11(16)14(19)20-2;1-3-7(2)9-6-4-5-8;1-4(2)3;1-2/h3-4,11H,5-10H2,1-2H3,(H,15,17);8H,2-6H2,1H3;4H,1-3H3;1-2H3/b4-3-;;;. The van der Waals surface area contributed by atoms with Crippen molar-refractivity contribution in [3.8, 4) is 0 Å². The number of hydrogen-bond donors (Lipinski definition) is 2. The molecule has 0 spiro atoms. The van der Waals surface area contributed by atoms with Crippen LogP contribution in [0, 0.1) is 5.92 Å². The number of nitrogens with zero attached hydrogens (tertiary/aromatic N) is 1. The third kappa shape index (κ3) is 23.2. The third-order valence-electron chi connectivity index (χ3n) is 4.26. The molecule has 1 heterocycles. The number of likely N-dealkylation sites (tertiary alicyclic amines) is 1. The Morgan fingerprint density at radius 1 is 1.23 bits per heavy atom. The SMILES string of the molecule is C/C=C\CCC(=O)NCC(=O)N1CCCC1C(=O)OC.C=C(CC)OCCCO.CC.CC(C)C. The molecule has 2 N–H and O–H groups in total. The van der Waals surface area contributed by atoms with Crippen molar-refractivity contribution in [2.75, 3.05) is 33.4 Å². The lowest BCUT2D eigenvalue weighted by Gasteiger charge is -2.22. The molecule has 8 nitrogen and oxygen atoms in total. The van der Waals surface area contributed by atoms with Gasteiger partial charge in [0.15, 0.2) is 0 Å². The lowest BCUT2D eigenvalue weighted by molar-refractivity contribution is -0.150. The minimum absolute atomic E-state index is 0.0673. The van der Waals surface area contributed by atoms with Gasteiger partial charge in [0.05, 0.1) is 26.0 Å². The molecule has 1 rings (SSSR count). The van der Waals surface area contributed by atoms with E-state index < -0.39 is 12.0 Å². The molecule has 1 atom stereocenters. The molecular weight excluding hydrogens is 448 g/mol. The summed E-state index contributed by atoms with van der Waals surface area (Å²) in [6, 6.07) is -0.507. The van der Waals surface area contributed by atoms with Gasteiger partial charge in [-0.25, -0.2) is 4.79 Å². The van der Waals surface area contributed by atoms with Gasteiger partial charge in [-0.05, 0) is 32.1 Å². The van der Waals surface area contributed by atoms with Gasteiger partial charge in [-0.3, -0.25) is 9.59 Å². The van der Waals surface area contributed by atoms with Crippen LogP contribution < -0.4 is 5.32 Å². The van der Waals surface area contributed by atoms with Crippen LogP contribution in [-0.4, -0.2) is 67.2 Å². The van der Waals surface area contributed by atoms with Crippen molar-refractivity contribution in [1.29, 1.82) is 0 Å². The number of allylic oxidation sites excluding steroid dienone is 3. The van der Waals surface area contributed by atoms with Crippen molar-refractivity contribution in [2.45, 2.75) is 93.0 Å². The molecule has 2 amide bonds. The first-order chi connectivity index (χ1) is 16.6. The Bertz CT molecular complexity index is 587. The van der Waals surface area contributed by atoms with Gasteiger partial charge < -0.3 is 24.8 Å². The topological polar surface area (TPSA) is 105 Å². The van der Waals surface area contributed by atoms with E-state index in [0.29, 0.717) is 38.8 Å². The van der Waals surface area contributed by atoms with Gasteiger partial charge >= 0.3 is 5.97 Å². The van der Waals surface area contributed by atoms with Crippen LogP contribution in [0.4, 0.5) is 0 Å². The lowest BCUT2D eigenvalue weighted by Crippen LogP contribution is -2.45. The summed E-state index contributed by atoms with van der Waals surface area (Å²) in [6.45, 7) is 19.3. The fourth-order valence-electron chi connectivity index (χ4n) is 2.57. The Morgan fingerprint density at radius 2 is 1.83 bits per heavy atom. The monoisotopic (exact) mass is 500 g/mol. The van der Waals surface area contributed by atoms with E-state index in [-0.39, 0.29) is 25.0 Å². The van der Waals surface area contributed by atoms with Crippen LogP contribution in [0.1, 0.15) is 87.0 Å². The van der Waals surface area contributed by atoms with E-state index in [2.05, 4.69) is 37.4 Å². The van der Waals surface area contributed by atoms with Gasteiger partial charge in [-0.15, -0.1) is 0 Å². The summed E-state index contributed by atoms with van der Waals surface area (Å²) in [5, 5.41) is 10.9. The molecule has 35 heavy (non-hydrogen) atoms. The Morgan fingerprint density at radius 3 is 2.31 bits per heavy atom. The molecule has 1 fully saturated rings. The first kappa shape index (κ1) is 37.2. The zero-order valence-electron chi connectivity index (χ0n) is 23.5. The molecule has 0 aliphatic carbocycles. The van der Waals surface area contributed by atoms with Gasteiger partial charge in [0.1, 0.15) is 6.04 Å². The van der Waals surface area contributed by atoms with Crippen LogP contribution in [0.5, 0.6) is 0 Å². The summed E-state index contributed by atoms with van der Waals surface area (Å²) in [6.07, 6.45) is 7.74. The average molecular weight is 501 g/mol. The van der Waals surface area contributed by atoms with E-state index >= 15 is 0 Å². The number of aliphatic hydroxyl groups excluding tert-OH is 1. The number of esters is 1. The summed E-state index contributed by atoms with van der Waals surface area (Å²) >= 11 is 0. The van der Waals surface area contributed by atoms with Gasteiger partial charge in [0.25, 0.3) is 0 Å². The third-order valence-corrected chi connectivity index (χ3v) is 4.26. The van der Waals surface area contributed by atoms with Crippen LogP contribution in [0.2, 0.25) is 0 Å². The van der Waals surface area contributed by atoms with Crippen molar-refractivity contribution in [3.05, 3.63) is 24.5 Å². The molecule has 206 valence electrons. The number of carbonyl (C=O) groups is 3. The van der Waals surface area contributed by atoms with Gasteiger partial charge in [0.2, 0.25) is 11.8 Å². The van der Waals surface area contributed by atoms with Crippen molar-refractivity contribution in [3.63, 3.8) is 0 Å². The molecule has 0 aromatic carbocycles. The molecule has 0 radical (unpaired) electrons. The second kappa shape index (κ2) is 26.3. The minimum Gasteiger partial charge on any atom is -0.498 e. The summed E-state index contributed by atoms with van der Waals surface area (Å²) in [4.78, 5) is 36.5. The molecule has 0 aromatic heterocycles. The highest BCUT2D eigenvalue weighted by atomic mass is 16.5. The van der Waals surface area contributed by atoms with Gasteiger partial charge in [0, 0.05) is 32.4 Å². The number of ether oxygens (including phenoxy) is 2. The number of rotatable bonds is 11. The highest BCUT2D eigenvalue weighted by molar-refractivity contribution is 5.88. The maximum atomic E-state index is 12.0. The largest absolute Gasteiger partial charge is 0.498 e. The van der Waals surface area contributed by atoms with E-state index in [1.807, 2.05) is 39.8 Å². The maximum Gasteiger partial charge on any atom is 0.328 e. The molecule has 8 heteroatoms. The van der Waals surface area contributed by atoms with Gasteiger partial charge in [-0.2, -0.15) is 0 Å². The van der Waals surface area contributed by atoms with E-state index in [1.54, 1.807) is 0 Å². The molecule has 1 unspecified atom stereocenters. The van der Waals surface area contributed by atoms with Crippen molar-refractivity contribution < 1.29 is 29.0 Å². The maximum absolute atomic E-state index is 12.0.